The van der Waals surface area contributed by atoms with Crippen molar-refractivity contribution in [2.45, 2.75) is 39.3 Å². The SMILES string of the molecule is Cc1cccnc1C(NC(=O)CC(O)c1cccc(F)c1)C(C)C. The summed E-state index contributed by atoms with van der Waals surface area (Å²) >= 11 is 0. The van der Waals surface area contributed by atoms with Gasteiger partial charge in [-0.1, -0.05) is 32.0 Å². The molecule has 0 saturated heterocycles. The number of amides is 1. The molecule has 2 unspecified atom stereocenters. The smallest absolute Gasteiger partial charge is 0.223 e. The van der Waals surface area contributed by atoms with E-state index in [0.717, 1.165) is 11.3 Å². The molecule has 2 rings (SSSR count). The van der Waals surface area contributed by atoms with Gasteiger partial charge in [0.25, 0.3) is 0 Å². The number of aliphatic hydroxyl groups is 1. The molecule has 4 nitrogen and oxygen atoms in total. The maximum Gasteiger partial charge on any atom is 0.223 e. The molecule has 24 heavy (non-hydrogen) atoms. The number of nitrogens with zero attached hydrogens (tertiary/aromatic N) is 1. The minimum absolute atomic E-state index is 0.126. The zero-order chi connectivity index (χ0) is 17.7. The van der Waals surface area contributed by atoms with Crippen molar-refractivity contribution in [2.24, 2.45) is 5.92 Å². The van der Waals surface area contributed by atoms with Crippen LogP contribution in [-0.2, 0) is 4.79 Å². The zero-order valence-electron chi connectivity index (χ0n) is 14.2. The molecule has 0 aliphatic rings. The van der Waals surface area contributed by atoms with Crippen LogP contribution in [0.2, 0.25) is 0 Å². The molecule has 0 fully saturated rings. The number of benzene rings is 1. The van der Waals surface area contributed by atoms with Crippen molar-refractivity contribution in [1.82, 2.24) is 10.3 Å². The van der Waals surface area contributed by atoms with Crippen LogP contribution in [0.4, 0.5) is 4.39 Å². The van der Waals surface area contributed by atoms with Crippen molar-refractivity contribution < 1.29 is 14.3 Å². The van der Waals surface area contributed by atoms with E-state index in [0.29, 0.717) is 5.56 Å². The standard InChI is InChI=1S/C19H23FN2O2/c1-12(2)18(19-13(3)6-5-9-21-19)22-17(24)11-16(23)14-7-4-8-15(20)10-14/h4-10,12,16,18,23H,11H2,1-3H3,(H,22,24). The lowest BCUT2D eigenvalue weighted by Crippen LogP contribution is -2.33. The van der Waals surface area contributed by atoms with Crippen molar-refractivity contribution in [3.63, 3.8) is 0 Å². The van der Waals surface area contributed by atoms with Crippen molar-refractivity contribution >= 4 is 5.91 Å². The van der Waals surface area contributed by atoms with E-state index >= 15 is 0 Å². The highest BCUT2D eigenvalue weighted by molar-refractivity contribution is 5.77. The Labute approximate surface area is 141 Å². The lowest BCUT2D eigenvalue weighted by Gasteiger charge is -2.24. The zero-order valence-corrected chi connectivity index (χ0v) is 14.2. The first-order valence-corrected chi connectivity index (χ1v) is 8.03. The monoisotopic (exact) mass is 330 g/mol. The van der Waals surface area contributed by atoms with E-state index in [2.05, 4.69) is 10.3 Å². The number of hydrogen-bond acceptors (Lipinski definition) is 3. The molecule has 1 aromatic carbocycles. The summed E-state index contributed by atoms with van der Waals surface area (Å²) in [5.41, 5.74) is 2.21. The molecule has 0 radical (unpaired) electrons. The van der Waals surface area contributed by atoms with Gasteiger partial charge in [0, 0.05) is 6.20 Å². The fraction of sp³-hybridized carbons (Fsp3) is 0.368. The van der Waals surface area contributed by atoms with Crippen molar-refractivity contribution in [3.8, 4) is 0 Å². The number of aromatic nitrogens is 1. The van der Waals surface area contributed by atoms with Gasteiger partial charge in [-0.2, -0.15) is 0 Å². The highest BCUT2D eigenvalue weighted by atomic mass is 19.1. The number of nitrogens with one attached hydrogen (secondary N) is 1. The topological polar surface area (TPSA) is 62.2 Å². The highest BCUT2D eigenvalue weighted by Crippen LogP contribution is 2.24. The summed E-state index contributed by atoms with van der Waals surface area (Å²) in [7, 11) is 0. The molecular formula is C19H23FN2O2. The summed E-state index contributed by atoms with van der Waals surface area (Å²) in [5, 5.41) is 13.1. The summed E-state index contributed by atoms with van der Waals surface area (Å²) < 4.78 is 13.2. The fourth-order valence-corrected chi connectivity index (χ4v) is 2.61. The van der Waals surface area contributed by atoms with E-state index in [1.807, 2.05) is 32.9 Å². The number of aliphatic hydroxyl groups excluding tert-OH is 1. The molecule has 2 aromatic rings. The lowest BCUT2D eigenvalue weighted by molar-refractivity contribution is -0.124. The Bertz CT molecular complexity index is 703. The van der Waals surface area contributed by atoms with Crippen LogP contribution >= 0.6 is 0 Å². The van der Waals surface area contributed by atoms with Gasteiger partial charge < -0.3 is 10.4 Å². The average Bonchev–Trinajstić information content (AvgIpc) is 2.53. The van der Waals surface area contributed by atoms with Crippen LogP contribution in [0, 0.1) is 18.7 Å². The second-order valence-corrected chi connectivity index (χ2v) is 6.27. The first-order valence-electron chi connectivity index (χ1n) is 8.03. The number of rotatable bonds is 6. The maximum atomic E-state index is 13.2. The fourth-order valence-electron chi connectivity index (χ4n) is 2.61. The summed E-state index contributed by atoms with van der Waals surface area (Å²) in [6.45, 7) is 5.95. The van der Waals surface area contributed by atoms with E-state index in [1.54, 1.807) is 12.3 Å². The second kappa shape index (κ2) is 8.02. The predicted molar refractivity (Wildman–Crippen MR) is 90.7 cm³/mol. The molecular weight excluding hydrogens is 307 g/mol. The van der Waals surface area contributed by atoms with Gasteiger partial charge in [-0.25, -0.2) is 4.39 Å². The van der Waals surface area contributed by atoms with Crippen LogP contribution < -0.4 is 5.32 Å². The van der Waals surface area contributed by atoms with Gasteiger partial charge in [-0.15, -0.1) is 0 Å². The number of hydrogen-bond donors (Lipinski definition) is 2. The predicted octanol–water partition coefficient (Wildman–Crippen LogP) is 3.47. The van der Waals surface area contributed by atoms with Crippen molar-refractivity contribution in [1.29, 1.82) is 0 Å². The quantitative estimate of drug-likeness (QED) is 0.852. The Morgan fingerprint density at radius 2 is 2.04 bits per heavy atom. The molecule has 5 heteroatoms. The number of carbonyl (C=O) groups excluding carboxylic acids is 1. The van der Waals surface area contributed by atoms with Crippen LogP contribution in [0.5, 0.6) is 0 Å². The van der Waals surface area contributed by atoms with E-state index in [4.69, 9.17) is 0 Å². The third kappa shape index (κ3) is 4.61. The molecule has 2 N–H and O–H groups in total. The number of pyridine rings is 1. The highest BCUT2D eigenvalue weighted by Gasteiger charge is 2.23. The summed E-state index contributed by atoms with van der Waals surface area (Å²) in [6, 6.07) is 9.22. The molecule has 0 bridgehead atoms. The number of carbonyl (C=O) groups is 1. The number of halogens is 1. The minimum Gasteiger partial charge on any atom is -0.388 e. The molecule has 0 aliphatic carbocycles. The van der Waals surface area contributed by atoms with Gasteiger partial charge in [0.1, 0.15) is 5.82 Å². The lowest BCUT2D eigenvalue weighted by atomic mass is 9.96. The molecule has 128 valence electrons. The first-order chi connectivity index (χ1) is 11.4. The van der Waals surface area contributed by atoms with E-state index in [-0.39, 0.29) is 24.3 Å². The van der Waals surface area contributed by atoms with E-state index in [9.17, 15) is 14.3 Å². The molecule has 2 atom stereocenters. The molecule has 1 aromatic heterocycles. The summed E-state index contributed by atoms with van der Waals surface area (Å²) in [6.07, 6.45) is 0.530. The van der Waals surface area contributed by atoms with E-state index < -0.39 is 11.9 Å². The van der Waals surface area contributed by atoms with Crippen LogP contribution in [0.25, 0.3) is 0 Å². The minimum atomic E-state index is -1.04. The Balaban J connectivity index is 2.07. The van der Waals surface area contributed by atoms with E-state index in [1.165, 1.54) is 18.2 Å². The Hall–Kier alpha value is -2.27. The van der Waals surface area contributed by atoms with Gasteiger partial charge in [0.05, 0.1) is 24.3 Å². The van der Waals surface area contributed by atoms with Gasteiger partial charge in [0.2, 0.25) is 5.91 Å². The third-order valence-electron chi connectivity index (χ3n) is 3.94. The van der Waals surface area contributed by atoms with Gasteiger partial charge in [-0.05, 0) is 42.2 Å². The largest absolute Gasteiger partial charge is 0.388 e. The van der Waals surface area contributed by atoms with Crippen molar-refractivity contribution in [2.75, 3.05) is 0 Å². The van der Waals surface area contributed by atoms with Crippen LogP contribution in [0.3, 0.4) is 0 Å². The number of aryl methyl sites for hydroxylation is 1. The summed E-state index contributed by atoms with van der Waals surface area (Å²) in [4.78, 5) is 16.7. The molecule has 1 heterocycles. The Morgan fingerprint density at radius 1 is 1.29 bits per heavy atom. The van der Waals surface area contributed by atoms with Gasteiger partial charge in [0.15, 0.2) is 0 Å². The molecule has 0 aliphatic heterocycles. The first kappa shape index (κ1) is 18.1. The Morgan fingerprint density at radius 3 is 2.67 bits per heavy atom. The molecule has 0 saturated carbocycles. The maximum absolute atomic E-state index is 13.2. The normalized spacial score (nSPS) is 13.6. The average molecular weight is 330 g/mol. The van der Waals surface area contributed by atoms with Gasteiger partial charge >= 0.3 is 0 Å². The summed E-state index contributed by atoms with van der Waals surface area (Å²) in [5.74, 6) is -0.583. The second-order valence-electron chi connectivity index (χ2n) is 6.27. The van der Waals surface area contributed by atoms with Crippen LogP contribution in [-0.4, -0.2) is 16.0 Å². The van der Waals surface area contributed by atoms with Crippen molar-refractivity contribution in [3.05, 3.63) is 65.2 Å². The Kier molecular flexibility index (Phi) is 6.04. The van der Waals surface area contributed by atoms with Crippen LogP contribution in [0.15, 0.2) is 42.6 Å². The van der Waals surface area contributed by atoms with Gasteiger partial charge in [-0.3, -0.25) is 9.78 Å². The molecule has 1 amide bonds. The van der Waals surface area contributed by atoms with Crippen LogP contribution in [0.1, 0.15) is 49.2 Å². The molecule has 0 spiro atoms. The third-order valence-corrected chi connectivity index (χ3v) is 3.94.